The summed E-state index contributed by atoms with van der Waals surface area (Å²) in [5.41, 5.74) is 7.30. The first kappa shape index (κ1) is 21.9. The third-order valence-corrected chi connectivity index (χ3v) is 4.13. The van der Waals surface area contributed by atoms with E-state index in [-0.39, 0.29) is 13.0 Å². The first-order valence-corrected chi connectivity index (χ1v) is 8.94. The van der Waals surface area contributed by atoms with Crippen LogP contribution >= 0.6 is 0 Å². The topological polar surface area (TPSA) is 95.1 Å². The zero-order valence-corrected chi connectivity index (χ0v) is 17.3. The van der Waals surface area contributed by atoms with E-state index in [0.717, 1.165) is 11.1 Å². The van der Waals surface area contributed by atoms with Gasteiger partial charge >= 0.3 is 0 Å². The van der Waals surface area contributed by atoms with Gasteiger partial charge in [0.2, 0.25) is 11.7 Å². The Hall–Kier alpha value is -3.42. The molecule has 0 spiro atoms. The molecule has 0 fully saturated rings. The van der Waals surface area contributed by atoms with Crippen LogP contribution in [0.2, 0.25) is 0 Å². The van der Waals surface area contributed by atoms with Crippen molar-refractivity contribution in [2.75, 3.05) is 27.9 Å². The highest BCUT2D eigenvalue weighted by Gasteiger charge is 2.15. The van der Waals surface area contributed by atoms with Crippen molar-refractivity contribution >= 4 is 11.8 Å². The monoisotopic (exact) mass is 402 g/mol. The Kier molecular flexibility index (Phi) is 7.70. The number of amides is 2. The molecule has 29 heavy (non-hydrogen) atoms. The highest BCUT2D eigenvalue weighted by atomic mass is 16.5. The van der Waals surface area contributed by atoms with Gasteiger partial charge in [-0.1, -0.05) is 12.1 Å². The van der Waals surface area contributed by atoms with Gasteiger partial charge in [-0.3, -0.25) is 20.4 Å². The third kappa shape index (κ3) is 6.03. The van der Waals surface area contributed by atoms with E-state index in [9.17, 15) is 9.59 Å². The molecule has 0 saturated carbocycles. The van der Waals surface area contributed by atoms with E-state index in [1.54, 1.807) is 12.1 Å². The van der Waals surface area contributed by atoms with Crippen molar-refractivity contribution in [3.05, 3.63) is 47.0 Å². The summed E-state index contributed by atoms with van der Waals surface area (Å²) in [6.45, 7) is 3.62. The molecule has 2 amide bonds. The molecule has 8 nitrogen and oxygen atoms in total. The van der Waals surface area contributed by atoms with Crippen molar-refractivity contribution in [1.82, 2.24) is 10.9 Å². The second-order valence-corrected chi connectivity index (χ2v) is 6.36. The number of rotatable bonds is 8. The highest BCUT2D eigenvalue weighted by molar-refractivity contribution is 5.84. The van der Waals surface area contributed by atoms with Crippen LogP contribution in [0.25, 0.3) is 0 Å². The maximum absolute atomic E-state index is 12.2. The summed E-state index contributed by atoms with van der Waals surface area (Å²) in [7, 11) is 4.50. The number of hydrazine groups is 1. The number of ether oxygens (including phenoxy) is 4. The largest absolute Gasteiger partial charge is 0.493 e. The van der Waals surface area contributed by atoms with Gasteiger partial charge in [-0.2, -0.15) is 0 Å². The molecule has 0 bridgehead atoms. The second-order valence-electron chi connectivity index (χ2n) is 6.36. The van der Waals surface area contributed by atoms with E-state index in [1.165, 1.54) is 21.3 Å². The zero-order valence-electron chi connectivity index (χ0n) is 17.3. The Balaban J connectivity index is 1.89. The number of nitrogens with one attached hydrogen (secondary N) is 2. The van der Waals surface area contributed by atoms with Crippen LogP contribution in [0.15, 0.2) is 30.3 Å². The molecule has 8 heteroatoms. The lowest BCUT2D eigenvalue weighted by Crippen LogP contribution is -2.44. The van der Waals surface area contributed by atoms with E-state index in [2.05, 4.69) is 10.9 Å². The summed E-state index contributed by atoms with van der Waals surface area (Å²) in [5, 5.41) is 0. The van der Waals surface area contributed by atoms with Gasteiger partial charge in [0.15, 0.2) is 18.1 Å². The Morgan fingerprint density at radius 1 is 0.828 bits per heavy atom. The summed E-state index contributed by atoms with van der Waals surface area (Å²) < 4.78 is 21.3. The van der Waals surface area contributed by atoms with Crippen LogP contribution in [0.1, 0.15) is 16.7 Å². The van der Waals surface area contributed by atoms with E-state index >= 15 is 0 Å². The van der Waals surface area contributed by atoms with Gasteiger partial charge in [-0.15, -0.1) is 0 Å². The summed E-state index contributed by atoms with van der Waals surface area (Å²) in [6.07, 6.45) is 0.00877. The first-order chi connectivity index (χ1) is 13.9. The molecule has 2 rings (SSSR count). The molecule has 2 aromatic carbocycles. The predicted octanol–water partition coefficient (Wildman–Crippen LogP) is 2.10. The minimum absolute atomic E-state index is 0.00877. The number of carbonyl (C=O) groups is 2. The van der Waals surface area contributed by atoms with Crippen LogP contribution < -0.4 is 29.8 Å². The Morgan fingerprint density at radius 3 is 2.03 bits per heavy atom. The van der Waals surface area contributed by atoms with Crippen molar-refractivity contribution in [2.45, 2.75) is 20.3 Å². The SMILES string of the molecule is COc1cc(CC(=O)NNC(=O)COc2cc(C)ccc2C)cc(OC)c1OC. The van der Waals surface area contributed by atoms with Gasteiger partial charge in [0.25, 0.3) is 5.91 Å². The number of benzene rings is 2. The lowest BCUT2D eigenvalue weighted by Gasteiger charge is -2.14. The van der Waals surface area contributed by atoms with Crippen LogP contribution in [0.5, 0.6) is 23.0 Å². The summed E-state index contributed by atoms with van der Waals surface area (Å²) in [5.74, 6) is 1.09. The maximum atomic E-state index is 12.2. The molecular weight excluding hydrogens is 376 g/mol. The van der Waals surface area contributed by atoms with Crippen molar-refractivity contribution in [3.8, 4) is 23.0 Å². The molecule has 0 atom stereocenters. The number of methoxy groups -OCH3 is 3. The van der Waals surface area contributed by atoms with Crippen molar-refractivity contribution in [3.63, 3.8) is 0 Å². The molecule has 0 aromatic heterocycles. The van der Waals surface area contributed by atoms with Crippen LogP contribution in [0.4, 0.5) is 0 Å². The predicted molar refractivity (Wildman–Crippen MR) is 107 cm³/mol. The Bertz CT molecular complexity index is 856. The fraction of sp³-hybridized carbons (Fsp3) is 0.333. The molecular formula is C21H26N2O6. The maximum Gasteiger partial charge on any atom is 0.276 e. The second kappa shape index (κ2) is 10.2. The van der Waals surface area contributed by atoms with Crippen molar-refractivity contribution in [1.29, 1.82) is 0 Å². The minimum Gasteiger partial charge on any atom is -0.493 e. The van der Waals surface area contributed by atoms with Gasteiger partial charge in [0, 0.05) is 0 Å². The molecule has 0 aliphatic heterocycles. The normalized spacial score (nSPS) is 10.1. The molecule has 0 aliphatic rings. The standard InChI is InChI=1S/C21H26N2O6/c1-13-6-7-14(2)16(8-13)29-12-20(25)23-22-19(24)11-15-9-17(26-3)21(28-5)18(10-15)27-4/h6-10H,11-12H2,1-5H3,(H,22,24)(H,23,25). The van der Waals surface area contributed by atoms with Crippen molar-refractivity contribution < 1.29 is 28.5 Å². The summed E-state index contributed by atoms with van der Waals surface area (Å²) in [4.78, 5) is 24.1. The fourth-order valence-corrected chi connectivity index (χ4v) is 2.65. The smallest absolute Gasteiger partial charge is 0.276 e. The minimum atomic E-state index is -0.468. The fourth-order valence-electron chi connectivity index (χ4n) is 2.65. The molecule has 0 unspecified atom stereocenters. The number of aryl methyl sites for hydroxylation is 2. The van der Waals surface area contributed by atoms with Gasteiger partial charge in [-0.05, 0) is 48.7 Å². The van der Waals surface area contributed by atoms with E-state index < -0.39 is 11.8 Å². The summed E-state index contributed by atoms with van der Waals surface area (Å²) in [6, 6.07) is 9.08. The molecule has 0 heterocycles. The lowest BCUT2D eigenvalue weighted by atomic mass is 10.1. The number of carbonyl (C=O) groups excluding carboxylic acids is 2. The van der Waals surface area contributed by atoms with E-state index in [4.69, 9.17) is 18.9 Å². The molecule has 0 aliphatic carbocycles. The van der Waals surface area contributed by atoms with Crippen LogP contribution in [0.3, 0.4) is 0 Å². The molecule has 156 valence electrons. The molecule has 0 saturated heterocycles. The first-order valence-electron chi connectivity index (χ1n) is 8.94. The molecule has 2 aromatic rings. The van der Waals surface area contributed by atoms with Gasteiger partial charge in [0.05, 0.1) is 27.8 Å². The van der Waals surface area contributed by atoms with Gasteiger partial charge in [0.1, 0.15) is 5.75 Å². The molecule has 2 N–H and O–H groups in total. The van der Waals surface area contributed by atoms with Crippen LogP contribution in [-0.2, 0) is 16.0 Å². The van der Waals surface area contributed by atoms with Crippen molar-refractivity contribution in [2.24, 2.45) is 0 Å². The van der Waals surface area contributed by atoms with E-state index in [0.29, 0.717) is 28.6 Å². The zero-order chi connectivity index (χ0) is 21.4. The quantitative estimate of drug-likeness (QED) is 0.657. The average molecular weight is 402 g/mol. The lowest BCUT2D eigenvalue weighted by molar-refractivity contribution is -0.129. The van der Waals surface area contributed by atoms with E-state index in [1.807, 2.05) is 32.0 Å². The third-order valence-electron chi connectivity index (χ3n) is 4.13. The van der Waals surface area contributed by atoms with Gasteiger partial charge < -0.3 is 18.9 Å². The summed E-state index contributed by atoms with van der Waals surface area (Å²) >= 11 is 0. The molecule has 0 radical (unpaired) electrons. The van der Waals surface area contributed by atoms with Crippen LogP contribution in [-0.4, -0.2) is 39.8 Å². The highest BCUT2D eigenvalue weighted by Crippen LogP contribution is 2.38. The number of hydrogen-bond donors (Lipinski definition) is 2. The number of hydrogen-bond acceptors (Lipinski definition) is 6. The average Bonchev–Trinajstić information content (AvgIpc) is 2.71. The van der Waals surface area contributed by atoms with Crippen LogP contribution in [0, 0.1) is 13.8 Å². The Labute approximate surface area is 170 Å². The van der Waals surface area contributed by atoms with Gasteiger partial charge in [-0.25, -0.2) is 0 Å². The Morgan fingerprint density at radius 2 is 1.45 bits per heavy atom.